The van der Waals surface area contributed by atoms with E-state index in [4.69, 9.17) is 9.47 Å². The highest BCUT2D eigenvalue weighted by Crippen LogP contribution is 2.32. The zero-order chi connectivity index (χ0) is 29.3. The Hall–Kier alpha value is -4.64. The van der Waals surface area contributed by atoms with E-state index in [1.165, 1.54) is 0 Å². The van der Waals surface area contributed by atoms with Gasteiger partial charge in [0.15, 0.2) is 11.5 Å². The Kier molecular flexibility index (Phi) is 9.50. The largest absolute Gasteiger partial charge is 0.493 e. The van der Waals surface area contributed by atoms with E-state index in [1.54, 1.807) is 19.6 Å². The number of hydrogen-bond acceptors (Lipinski definition) is 7. The molecule has 1 aliphatic rings. The average molecular weight is 572 g/mol. The minimum Gasteiger partial charge on any atom is -0.493 e. The first kappa shape index (κ1) is 28.9. The van der Waals surface area contributed by atoms with Gasteiger partial charge in [-0.1, -0.05) is 30.3 Å². The molecule has 0 saturated heterocycles. The van der Waals surface area contributed by atoms with Gasteiger partial charge in [0.25, 0.3) is 0 Å². The molecular weight excluding hydrogens is 534 g/mol. The van der Waals surface area contributed by atoms with Crippen molar-refractivity contribution in [3.63, 3.8) is 0 Å². The number of methoxy groups -OCH3 is 1. The number of hydrogen-bond donors (Lipinski definition) is 3. The summed E-state index contributed by atoms with van der Waals surface area (Å²) in [6, 6.07) is 14.7. The number of imidazole rings is 2. The highest BCUT2D eigenvalue weighted by Gasteiger charge is 2.23. The smallest absolute Gasteiger partial charge is 0.242 e. The third kappa shape index (κ3) is 7.35. The Balaban J connectivity index is 1.41. The topological polar surface area (TPSA) is 126 Å². The number of nitrogens with zero attached hydrogens (tertiary/aromatic N) is 4. The van der Waals surface area contributed by atoms with Crippen molar-refractivity contribution >= 4 is 11.8 Å². The van der Waals surface area contributed by atoms with Crippen LogP contribution in [0.4, 0.5) is 0 Å². The Morgan fingerprint density at radius 3 is 2.74 bits per heavy atom. The van der Waals surface area contributed by atoms with E-state index in [0.717, 1.165) is 28.3 Å². The Morgan fingerprint density at radius 2 is 1.95 bits per heavy atom. The lowest BCUT2D eigenvalue weighted by Crippen LogP contribution is -2.51. The number of aromatic nitrogens is 4. The van der Waals surface area contributed by atoms with Crippen LogP contribution in [0.2, 0.25) is 0 Å². The van der Waals surface area contributed by atoms with Crippen LogP contribution in [-0.4, -0.2) is 75.6 Å². The monoisotopic (exact) mass is 571 g/mol. The summed E-state index contributed by atoms with van der Waals surface area (Å²) in [5.74, 6) is 1.55. The van der Waals surface area contributed by atoms with Gasteiger partial charge in [-0.05, 0) is 37.1 Å². The van der Waals surface area contributed by atoms with Gasteiger partial charge in [-0.2, -0.15) is 0 Å². The first-order chi connectivity index (χ1) is 20.5. The number of carbonyl (C=O) groups is 2. The molecule has 2 bridgehead atoms. The maximum atomic E-state index is 13.4. The lowest BCUT2D eigenvalue weighted by atomic mass is 10.1. The summed E-state index contributed by atoms with van der Waals surface area (Å²) < 4.78 is 13.7. The number of ether oxygens (including phenoxy) is 2. The van der Waals surface area contributed by atoms with Gasteiger partial charge < -0.3 is 29.7 Å². The summed E-state index contributed by atoms with van der Waals surface area (Å²) in [5, 5.41) is 6.00. The van der Waals surface area contributed by atoms with Crippen molar-refractivity contribution in [2.24, 2.45) is 0 Å². The molecule has 3 heterocycles. The molecule has 220 valence electrons. The van der Waals surface area contributed by atoms with Crippen molar-refractivity contribution < 1.29 is 19.1 Å². The molecule has 11 nitrogen and oxygen atoms in total. The molecule has 1 aliphatic heterocycles. The van der Waals surface area contributed by atoms with Crippen molar-refractivity contribution in [2.75, 3.05) is 33.4 Å². The van der Waals surface area contributed by atoms with Crippen LogP contribution >= 0.6 is 0 Å². The summed E-state index contributed by atoms with van der Waals surface area (Å²) in [6.07, 6.45) is 6.31. The van der Waals surface area contributed by atoms with Crippen molar-refractivity contribution in [1.29, 1.82) is 0 Å². The van der Waals surface area contributed by atoms with Gasteiger partial charge in [0.1, 0.15) is 11.9 Å². The Morgan fingerprint density at radius 1 is 1.10 bits per heavy atom. The molecule has 2 aromatic heterocycles. The molecule has 0 spiro atoms. The van der Waals surface area contributed by atoms with Crippen LogP contribution in [0.25, 0.3) is 11.4 Å². The van der Waals surface area contributed by atoms with E-state index in [-0.39, 0.29) is 18.4 Å². The van der Waals surface area contributed by atoms with Crippen molar-refractivity contribution in [3.05, 3.63) is 84.2 Å². The van der Waals surface area contributed by atoms with Crippen LogP contribution in [0.1, 0.15) is 23.4 Å². The van der Waals surface area contributed by atoms with Gasteiger partial charge in [-0.25, -0.2) is 9.97 Å². The van der Waals surface area contributed by atoms with Gasteiger partial charge in [-0.3, -0.25) is 14.5 Å². The van der Waals surface area contributed by atoms with Crippen LogP contribution in [0.15, 0.2) is 67.3 Å². The highest BCUT2D eigenvalue weighted by molar-refractivity contribution is 5.88. The number of amides is 2. The number of nitrogens with one attached hydrogen (secondary N) is 3. The second-order valence-corrected chi connectivity index (χ2v) is 10.3. The lowest BCUT2D eigenvalue weighted by Gasteiger charge is -2.24. The summed E-state index contributed by atoms with van der Waals surface area (Å²) in [7, 11) is 1.61. The number of rotatable bonds is 5. The zero-order valence-electron chi connectivity index (χ0n) is 24.0. The highest BCUT2D eigenvalue weighted by atomic mass is 16.5. The van der Waals surface area contributed by atoms with Gasteiger partial charge in [0, 0.05) is 56.3 Å². The lowest BCUT2D eigenvalue weighted by molar-refractivity contribution is -0.129. The average Bonchev–Trinajstić information content (AvgIpc) is 3.63. The molecule has 0 unspecified atom stereocenters. The summed E-state index contributed by atoms with van der Waals surface area (Å²) in [5.41, 5.74) is 3.67. The number of benzene rings is 2. The number of aryl methyl sites for hydroxylation is 1. The third-order valence-corrected chi connectivity index (χ3v) is 7.27. The normalized spacial score (nSPS) is 17.2. The third-order valence-electron chi connectivity index (χ3n) is 7.27. The van der Waals surface area contributed by atoms with Crippen molar-refractivity contribution in [3.8, 4) is 22.9 Å². The minimum atomic E-state index is -0.720. The van der Waals surface area contributed by atoms with E-state index >= 15 is 0 Å². The van der Waals surface area contributed by atoms with E-state index in [1.807, 2.05) is 71.1 Å². The molecule has 11 heteroatoms. The van der Waals surface area contributed by atoms with Gasteiger partial charge in [0.2, 0.25) is 11.8 Å². The fourth-order valence-electron chi connectivity index (χ4n) is 5.05. The molecular formula is C31H37N7O4. The SMILES string of the molecule is COc1ccc2cc1OCCCN(Cc1nc[nH]c1C)CC(=O)N[C@@H](Cc1ccccc1)C(=O)NCCn1ccnc1-2. The fourth-order valence-corrected chi connectivity index (χ4v) is 5.05. The molecule has 0 aliphatic carbocycles. The van der Waals surface area contributed by atoms with Crippen LogP contribution in [0, 0.1) is 6.92 Å². The molecule has 3 N–H and O–H groups in total. The van der Waals surface area contributed by atoms with E-state index in [9.17, 15) is 9.59 Å². The Bertz CT molecular complexity index is 1480. The van der Waals surface area contributed by atoms with Gasteiger partial charge in [-0.15, -0.1) is 0 Å². The van der Waals surface area contributed by atoms with Crippen LogP contribution in [0.5, 0.6) is 11.5 Å². The summed E-state index contributed by atoms with van der Waals surface area (Å²) in [4.78, 5) is 40.8. The maximum absolute atomic E-state index is 13.4. The van der Waals surface area contributed by atoms with Crippen molar-refractivity contribution in [1.82, 2.24) is 35.1 Å². The molecule has 1 atom stereocenters. The number of carbonyl (C=O) groups excluding carboxylic acids is 2. The molecule has 5 rings (SSSR count). The van der Waals surface area contributed by atoms with Crippen LogP contribution in [0.3, 0.4) is 0 Å². The van der Waals surface area contributed by atoms with Crippen LogP contribution < -0.4 is 20.1 Å². The van der Waals surface area contributed by atoms with Crippen molar-refractivity contribution in [2.45, 2.75) is 38.9 Å². The van der Waals surface area contributed by atoms with Gasteiger partial charge >= 0.3 is 0 Å². The fraction of sp³-hybridized carbons (Fsp3) is 0.355. The first-order valence-electron chi connectivity index (χ1n) is 14.1. The molecule has 2 amide bonds. The predicted molar refractivity (Wildman–Crippen MR) is 158 cm³/mol. The Labute approximate surface area is 245 Å². The predicted octanol–water partition coefficient (Wildman–Crippen LogP) is 2.72. The number of fused-ring (bicyclic) bond motifs is 4. The second-order valence-electron chi connectivity index (χ2n) is 10.3. The molecule has 42 heavy (non-hydrogen) atoms. The molecule has 0 radical (unpaired) electrons. The second kappa shape index (κ2) is 13.8. The molecule has 4 aromatic rings. The number of aromatic amines is 1. The van der Waals surface area contributed by atoms with Gasteiger partial charge in [0.05, 0.1) is 32.3 Å². The standard InChI is InChI=1S/C31H37N7O4/c1-22-26(35-21-34-22)19-37-13-6-16-42-28-18-24(9-10-27(28)41-2)30-32-11-14-38(30)15-12-33-31(40)25(36-29(39)20-37)17-23-7-4-3-5-8-23/h3-5,7-11,14,18,21,25H,6,12-13,15-17,19-20H2,1-2H3,(H,33,40)(H,34,35)(H,36,39)/t25-/m0/s1. The molecule has 0 saturated carbocycles. The zero-order valence-corrected chi connectivity index (χ0v) is 24.0. The quantitative estimate of drug-likeness (QED) is 0.336. The molecule has 2 aromatic carbocycles. The molecule has 0 fully saturated rings. The maximum Gasteiger partial charge on any atom is 0.242 e. The summed E-state index contributed by atoms with van der Waals surface area (Å²) >= 11 is 0. The van der Waals surface area contributed by atoms with E-state index in [0.29, 0.717) is 57.1 Å². The van der Waals surface area contributed by atoms with Crippen LogP contribution in [-0.2, 0) is 29.1 Å². The minimum absolute atomic E-state index is 0.113. The summed E-state index contributed by atoms with van der Waals surface area (Å²) in [6.45, 7) is 4.44. The number of H-pyrrole nitrogens is 1. The van der Waals surface area contributed by atoms with E-state index < -0.39 is 6.04 Å². The van der Waals surface area contributed by atoms with E-state index in [2.05, 4.69) is 25.6 Å². The first-order valence-corrected chi connectivity index (χ1v) is 14.1.